The van der Waals surface area contributed by atoms with E-state index in [0.29, 0.717) is 47.9 Å². The number of alkyl halides is 3. The van der Waals surface area contributed by atoms with Gasteiger partial charge in [0.15, 0.2) is 50.4 Å². The van der Waals surface area contributed by atoms with Gasteiger partial charge >= 0.3 is 15.0 Å². The number of halogens is 3. The Bertz CT molecular complexity index is 2890. The van der Waals surface area contributed by atoms with Crippen molar-refractivity contribution >= 4 is 58.9 Å². The Morgan fingerprint density at radius 3 is 1.74 bits per heavy atom. The lowest BCUT2D eigenvalue weighted by Gasteiger charge is -2.43. The molecule has 9 nitrogen and oxygen atoms in total. The average molecular weight is 1100 g/mol. The van der Waals surface area contributed by atoms with E-state index in [1.807, 2.05) is 60.7 Å². The van der Waals surface area contributed by atoms with E-state index in [1.54, 1.807) is 27.4 Å². The average Bonchev–Trinajstić information content (AvgIpc) is 4.02. The maximum absolute atomic E-state index is 14.6. The summed E-state index contributed by atoms with van der Waals surface area (Å²) in [7, 11) is -6.38. The molecule has 4 atom stereocenters. The first-order valence-corrected chi connectivity index (χ1v) is 41.4. The Balaban J connectivity index is 1.05. The second-order valence-corrected chi connectivity index (χ2v) is 45.6. The predicted octanol–water partition coefficient (Wildman–Crippen LogP) is 15.4. The van der Waals surface area contributed by atoms with Crippen LogP contribution in [-0.2, 0) is 34.0 Å². The van der Waals surface area contributed by atoms with Crippen LogP contribution in [0.2, 0.25) is 84.1 Å². The molecule has 1 spiro atoms. The first kappa shape index (κ1) is 54.6. The number of ether oxygens (including phenoxy) is 5. The van der Waals surface area contributed by atoms with E-state index in [-0.39, 0.29) is 5.92 Å². The minimum Gasteiger partial charge on any atom is -0.497 e. The first-order valence-electron chi connectivity index (χ1n) is 26.1. The molecular weight excluding hydrogens is 1030 g/mol. The van der Waals surface area contributed by atoms with E-state index in [9.17, 15) is 13.2 Å². The van der Waals surface area contributed by atoms with Gasteiger partial charge in [0.25, 0.3) is 0 Å². The van der Waals surface area contributed by atoms with Crippen LogP contribution in [0.4, 0.5) is 13.2 Å². The molecule has 3 aliphatic carbocycles. The number of methoxy groups -OCH3 is 3. The number of rotatable bonds is 19. The fourth-order valence-electron chi connectivity index (χ4n) is 12.4. The fourth-order valence-corrected chi connectivity index (χ4v) is 30.8. The van der Waals surface area contributed by atoms with Gasteiger partial charge < -0.3 is 40.5 Å². The standard InChI is InChI=1S/C57H75F3O9Si5/c1-61-43-22-17-39(18-23-43)56(40-19-24-44(25-20-40)64-29-30-65-73(13,14)31-32-74(67-70(4,5)6,68-71(7,8)9)69-72(10,11)12)28-27-46-53-52(47-35-50(62-2)51(63-3)36-48(47)54(46)66-56)45-26-21-42(57(58,59)60)34-49(45)55(53)37-38-15-16-41(55)33-38/h17-28,34-36,38,41H,15-16,29-33,37H2,1-14H3. The van der Waals surface area contributed by atoms with Gasteiger partial charge in [-0.2, -0.15) is 13.2 Å². The highest BCUT2D eigenvalue weighted by Crippen LogP contribution is 2.69. The van der Waals surface area contributed by atoms with Crippen LogP contribution in [0, 0.1) is 11.8 Å². The number of hydrogen-bond acceptors (Lipinski definition) is 9. The van der Waals surface area contributed by atoms with Gasteiger partial charge in [0, 0.05) is 33.5 Å². The van der Waals surface area contributed by atoms with Gasteiger partial charge in [-0.3, -0.25) is 0 Å². The summed E-state index contributed by atoms with van der Waals surface area (Å²) in [6.45, 7) is 25.2. The molecular formula is C57H75F3O9Si5. The summed E-state index contributed by atoms with van der Waals surface area (Å²) in [6.07, 6.45) is 3.58. The minimum atomic E-state index is -4.49. The van der Waals surface area contributed by atoms with Gasteiger partial charge in [0.2, 0.25) is 0 Å². The predicted molar refractivity (Wildman–Crippen MR) is 301 cm³/mol. The lowest BCUT2D eigenvalue weighted by molar-refractivity contribution is -0.137. The summed E-state index contributed by atoms with van der Waals surface area (Å²) in [5, 5.41) is 1.62. The molecule has 2 saturated carbocycles. The summed E-state index contributed by atoms with van der Waals surface area (Å²) < 4.78 is 103. The fraction of sp³-hybridized carbons (Fsp3) is 0.474. The third-order valence-corrected chi connectivity index (χ3v) is 29.9. The van der Waals surface area contributed by atoms with Crippen molar-refractivity contribution < 1.29 is 53.6 Å². The van der Waals surface area contributed by atoms with Crippen molar-refractivity contribution in [1.82, 2.24) is 0 Å². The molecule has 2 fully saturated rings. The molecule has 0 saturated heterocycles. The number of hydrogen-bond donors (Lipinski definition) is 0. The molecule has 2 bridgehead atoms. The van der Waals surface area contributed by atoms with Crippen molar-refractivity contribution in [3.8, 4) is 39.9 Å². The third-order valence-electron chi connectivity index (χ3n) is 15.0. The summed E-state index contributed by atoms with van der Waals surface area (Å²) >= 11 is 0. The third kappa shape index (κ3) is 10.6. The molecule has 4 aliphatic rings. The first-order chi connectivity index (χ1) is 34.6. The smallest absolute Gasteiger partial charge is 0.469 e. The van der Waals surface area contributed by atoms with Crippen LogP contribution >= 0.6 is 0 Å². The Morgan fingerprint density at radius 2 is 1.23 bits per heavy atom. The molecule has 4 unspecified atom stereocenters. The summed E-state index contributed by atoms with van der Waals surface area (Å²) in [5.41, 5.74) is 3.82. The van der Waals surface area contributed by atoms with E-state index in [2.05, 4.69) is 84.2 Å². The Labute approximate surface area is 441 Å². The van der Waals surface area contributed by atoms with Crippen molar-refractivity contribution in [3.63, 3.8) is 0 Å². The molecule has 1 aliphatic heterocycles. The van der Waals surface area contributed by atoms with Crippen LogP contribution in [-0.4, -0.2) is 76.6 Å². The molecule has 74 heavy (non-hydrogen) atoms. The lowest BCUT2D eigenvalue weighted by atomic mass is 9.65. The molecule has 1 heterocycles. The SMILES string of the molecule is COc1ccc(C2(c3ccc(OCCO[Si](C)(C)CC[Si](O[Si](C)(C)C)(O[Si](C)(C)C)O[Si](C)(C)C)cc3)C=Cc3c4c(c5cc(OC)c(OC)cc5c3O2)-c2ccc(C(F)(F)F)cc2C42CC3CCC2C3)cc1. The zero-order valence-corrected chi connectivity index (χ0v) is 50.8. The van der Waals surface area contributed by atoms with Crippen LogP contribution in [0.3, 0.4) is 0 Å². The Hall–Kier alpha value is -4.19. The Kier molecular flexibility index (Phi) is 14.5. The van der Waals surface area contributed by atoms with Gasteiger partial charge in [-0.15, -0.1) is 0 Å². The van der Waals surface area contributed by atoms with Crippen LogP contribution in [0.5, 0.6) is 28.7 Å². The van der Waals surface area contributed by atoms with E-state index in [1.165, 1.54) is 12.1 Å². The van der Waals surface area contributed by atoms with Crippen LogP contribution in [0.15, 0.2) is 84.9 Å². The normalized spacial score (nSPS) is 21.4. The summed E-state index contributed by atoms with van der Waals surface area (Å²) in [5.74, 6) is 3.69. The van der Waals surface area contributed by atoms with Gasteiger partial charge in [-0.25, -0.2) is 0 Å². The molecule has 0 N–H and O–H groups in total. The molecule has 9 rings (SSSR count). The Morgan fingerprint density at radius 1 is 0.649 bits per heavy atom. The molecule has 17 heteroatoms. The topological polar surface area (TPSA) is 83.1 Å². The van der Waals surface area contributed by atoms with Gasteiger partial charge in [0.1, 0.15) is 23.9 Å². The van der Waals surface area contributed by atoms with Crippen molar-refractivity contribution in [3.05, 3.63) is 118 Å². The van der Waals surface area contributed by atoms with Crippen LogP contribution in [0.1, 0.15) is 59.1 Å². The van der Waals surface area contributed by atoms with E-state index in [4.69, 9.17) is 40.5 Å². The second kappa shape index (κ2) is 19.7. The van der Waals surface area contributed by atoms with E-state index in [0.717, 1.165) is 87.5 Å². The maximum Gasteiger partial charge on any atom is 0.469 e. The molecule has 0 amide bonds. The van der Waals surface area contributed by atoms with Gasteiger partial charge in [-0.1, -0.05) is 42.8 Å². The largest absolute Gasteiger partial charge is 0.497 e. The van der Waals surface area contributed by atoms with Gasteiger partial charge in [-0.05, 0) is 191 Å². The quantitative estimate of drug-likeness (QED) is 0.0593. The highest BCUT2D eigenvalue weighted by molar-refractivity contribution is 6.90. The molecule has 5 aromatic rings. The highest BCUT2D eigenvalue weighted by Gasteiger charge is 2.59. The minimum absolute atomic E-state index is 0.185. The van der Waals surface area contributed by atoms with Gasteiger partial charge in [0.05, 0.1) is 33.5 Å². The number of benzene rings is 5. The summed E-state index contributed by atoms with van der Waals surface area (Å²) in [4.78, 5) is 0. The lowest BCUT2D eigenvalue weighted by Crippen LogP contribution is -2.61. The van der Waals surface area contributed by atoms with Crippen LogP contribution in [0.25, 0.3) is 28.0 Å². The molecule has 5 aromatic carbocycles. The van der Waals surface area contributed by atoms with E-state index >= 15 is 0 Å². The summed E-state index contributed by atoms with van der Waals surface area (Å²) in [6, 6.07) is 25.8. The molecule has 0 aromatic heterocycles. The highest BCUT2D eigenvalue weighted by atomic mass is 28.5. The molecule has 0 radical (unpaired) electrons. The van der Waals surface area contributed by atoms with Crippen molar-refractivity contribution in [2.45, 2.75) is 127 Å². The molecule has 398 valence electrons. The monoisotopic (exact) mass is 1100 g/mol. The zero-order valence-electron chi connectivity index (χ0n) is 45.8. The van der Waals surface area contributed by atoms with E-state index < -0.39 is 64.8 Å². The van der Waals surface area contributed by atoms with Crippen LogP contribution < -0.4 is 23.7 Å². The van der Waals surface area contributed by atoms with Crippen molar-refractivity contribution in [2.75, 3.05) is 34.5 Å². The maximum atomic E-state index is 14.6. The second-order valence-electron chi connectivity index (χ2n) is 24.3. The number of fused-ring (bicyclic) bond motifs is 13. The zero-order chi connectivity index (χ0) is 53.4. The van der Waals surface area contributed by atoms with Crippen molar-refractivity contribution in [2.24, 2.45) is 11.8 Å². The van der Waals surface area contributed by atoms with Crippen molar-refractivity contribution in [1.29, 1.82) is 0 Å².